The van der Waals surface area contributed by atoms with Gasteiger partial charge in [0.1, 0.15) is 0 Å². The van der Waals surface area contributed by atoms with Crippen LogP contribution in [0.1, 0.15) is 0 Å². The summed E-state index contributed by atoms with van der Waals surface area (Å²) in [7, 11) is 0. The summed E-state index contributed by atoms with van der Waals surface area (Å²) in [4.78, 5) is 15.0. The summed E-state index contributed by atoms with van der Waals surface area (Å²) in [5.74, 6) is 1.99. The number of aromatic nitrogens is 3. The van der Waals surface area contributed by atoms with Crippen molar-refractivity contribution in [2.45, 2.75) is 0 Å². The first-order valence-corrected chi connectivity index (χ1v) is 12.7. The molecule has 0 saturated heterocycles. The van der Waals surface area contributed by atoms with Crippen molar-refractivity contribution in [2.24, 2.45) is 0 Å². The Hall–Kier alpha value is -5.15. The van der Waals surface area contributed by atoms with Gasteiger partial charge in [0.05, 0.1) is 0 Å². The van der Waals surface area contributed by atoms with Gasteiger partial charge in [-0.05, 0) is 38.7 Å². The highest BCUT2D eigenvalue weighted by Crippen LogP contribution is 2.35. The van der Waals surface area contributed by atoms with Gasteiger partial charge in [-0.25, -0.2) is 15.0 Å². The van der Waals surface area contributed by atoms with Crippen LogP contribution >= 0.6 is 0 Å². The summed E-state index contributed by atoms with van der Waals surface area (Å²) < 4.78 is 0. The van der Waals surface area contributed by atoms with Crippen molar-refractivity contribution in [3.63, 3.8) is 0 Å². The second-order valence-corrected chi connectivity index (χ2v) is 9.31. The zero-order valence-electron chi connectivity index (χ0n) is 20.6. The van der Waals surface area contributed by atoms with E-state index in [1.54, 1.807) is 0 Å². The first kappa shape index (κ1) is 22.1. The summed E-state index contributed by atoms with van der Waals surface area (Å²) in [5, 5.41) is 4.64. The second-order valence-electron chi connectivity index (χ2n) is 9.31. The third-order valence-corrected chi connectivity index (χ3v) is 6.92. The quantitative estimate of drug-likeness (QED) is 0.250. The Morgan fingerprint density at radius 1 is 0.316 bits per heavy atom. The third-order valence-electron chi connectivity index (χ3n) is 6.92. The molecule has 0 N–H and O–H groups in total. The van der Waals surface area contributed by atoms with E-state index in [0.29, 0.717) is 17.5 Å². The molecule has 0 bridgehead atoms. The highest BCUT2D eigenvalue weighted by Gasteiger charge is 2.15. The van der Waals surface area contributed by atoms with Crippen LogP contribution in [-0.4, -0.2) is 15.0 Å². The van der Waals surface area contributed by atoms with E-state index in [1.807, 2.05) is 36.4 Å². The molecule has 1 aromatic heterocycles. The average molecular weight is 486 g/mol. The van der Waals surface area contributed by atoms with Crippen molar-refractivity contribution in [1.82, 2.24) is 15.0 Å². The van der Waals surface area contributed by atoms with E-state index in [-0.39, 0.29) is 0 Å². The van der Waals surface area contributed by atoms with E-state index in [9.17, 15) is 0 Å². The molecule has 0 unspecified atom stereocenters. The second kappa shape index (κ2) is 9.38. The van der Waals surface area contributed by atoms with Crippen molar-refractivity contribution in [1.29, 1.82) is 0 Å². The molecule has 0 atom stereocenters. The standard InChI is InChI=1S/C35H23N3/c1-3-12-25(13-4-1)29-17-9-19-31-30(29)18-10-20-32(31)35-37-33(26-14-5-2-6-15-26)36-34(38-35)28-22-21-24-11-7-8-16-27(24)23-28/h1-23H. The van der Waals surface area contributed by atoms with E-state index >= 15 is 0 Å². The van der Waals surface area contributed by atoms with Gasteiger partial charge in [0.25, 0.3) is 0 Å². The Bertz CT molecular complexity index is 1910. The topological polar surface area (TPSA) is 38.7 Å². The van der Waals surface area contributed by atoms with Crippen molar-refractivity contribution in [3.05, 3.63) is 140 Å². The van der Waals surface area contributed by atoms with Crippen molar-refractivity contribution in [3.8, 4) is 45.3 Å². The maximum Gasteiger partial charge on any atom is 0.164 e. The summed E-state index contributed by atoms with van der Waals surface area (Å²) in [6.07, 6.45) is 0. The normalized spacial score (nSPS) is 11.2. The van der Waals surface area contributed by atoms with Crippen LogP contribution in [-0.2, 0) is 0 Å². The fourth-order valence-corrected chi connectivity index (χ4v) is 5.04. The minimum absolute atomic E-state index is 0.662. The van der Waals surface area contributed by atoms with Gasteiger partial charge >= 0.3 is 0 Å². The van der Waals surface area contributed by atoms with Gasteiger partial charge in [-0.2, -0.15) is 0 Å². The lowest BCUT2D eigenvalue weighted by Gasteiger charge is -2.12. The Morgan fingerprint density at radius 3 is 1.61 bits per heavy atom. The monoisotopic (exact) mass is 485 g/mol. The molecule has 7 aromatic rings. The number of benzene rings is 6. The Labute approximate surface area is 221 Å². The van der Waals surface area contributed by atoms with Crippen LogP contribution in [0.2, 0.25) is 0 Å². The SMILES string of the molecule is c1ccc(-c2nc(-c3ccc4ccccc4c3)nc(-c3cccc4c(-c5ccccc5)cccc34)n2)cc1. The summed E-state index contributed by atoms with van der Waals surface area (Å²) in [6, 6.07) is 48.1. The van der Waals surface area contributed by atoms with E-state index < -0.39 is 0 Å². The number of rotatable bonds is 4. The maximum atomic E-state index is 5.04. The highest BCUT2D eigenvalue weighted by atomic mass is 15.0. The number of hydrogen-bond acceptors (Lipinski definition) is 3. The Morgan fingerprint density at radius 2 is 0.868 bits per heavy atom. The summed E-state index contributed by atoms with van der Waals surface area (Å²) >= 11 is 0. The fourth-order valence-electron chi connectivity index (χ4n) is 5.04. The molecule has 0 aliphatic heterocycles. The molecule has 3 nitrogen and oxygen atoms in total. The number of hydrogen-bond donors (Lipinski definition) is 0. The molecule has 0 fully saturated rings. The lowest BCUT2D eigenvalue weighted by Crippen LogP contribution is -2.00. The van der Waals surface area contributed by atoms with Gasteiger partial charge in [0, 0.05) is 16.7 Å². The predicted octanol–water partition coefficient (Wildman–Crippen LogP) is 8.85. The first-order chi connectivity index (χ1) is 18.8. The molecule has 178 valence electrons. The molecule has 0 aliphatic rings. The zero-order chi connectivity index (χ0) is 25.3. The molecule has 7 rings (SSSR count). The fraction of sp³-hybridized carbons (Fsp3) is 0. The molecule has 0 amide bonds. The van der Waals surface area contributed by atoms with Crippen LogP contribution in [0.4, 0.5) is 0 Å². The average Bonchev–Trinajstić information content (AvgIpc) is 3.01. The molecule has 0 saturated carbocycles. The first-order valence-electron chi connectivity index (χ1n) is 12.7. The number of fused-ring (bicyclic) bond motifs is 2. The van der Waals surface area contributed by atoms with Crippen LogP contribution in [0.15, 0.2) is 140 Å². The van der Waals surface area contributed by atoms with E-state index in [4.69, 9.17) is 15.0 Å². The molecule has 0 aliphatic carbocycles. The van der Waals surface area contributed by atoms with Crippen LogP contribution in [0.5, 0.6) is 0 Å². The Balaban J connectivity index is 1.46. The minimum atomic E-state index is 0.662. The minimum Gasteiger partial charge on any atom is -0.208 e. The lowest BCUT2D eigenvalue weighted by atomic mass is 9.95. The van der Waals surface area contributed by atoms with Gasteiger partial charge in [-0.15, -0.1) is 0 Å². The molecule has 6 aromatic carbocycles. The summed E-state index contributed by atoms with van der Waals surface area (Å²) in [6.45, 7) is 0. The van der Waals surface area contributed by atoms with E-state index in [0.717, 1.165) is 27.5 Å². The molecule has 0 spiro atoms. The number of nitrogens with zero attached hydrogens (tertiary/aromatic N) is 3. The third kappa shape index (κ3) is 4.00. The highest BCUT2D eigenvalue weighted by molar-refractivity contribution is 6.03. The summed E-state index contributed by atoms with van der Waals surface area (Å²) in [5.41, 5.74) is 5.30. The van der Waals surface area contributed by atoms with E-state index in [2.05, 4.69) is 103 Å². The lowest BCUT2D eigenvalue weighted by molar-refractivity contribution is 1.08. The predicted molar refractivity (Wildman–Crippen MR) is 157 cm³/mol. The zero-order valence-corrected chi connectivity index (χ0v) is 20.6. The van der Waals surface area contributed by atoms with Gasteiger partial charge in [-0.1, -0.05) is 133 Å². The van der Waals surface area contributed by atoms with Crippen LogP contribution in [0, 0.1) is 0 Å². The van der Waals surface area contributed by atoms with Gasteiger partial charge in [0.15, 0.2) is 17.5 Å². The van der Waals surface area contributed by atoms with Crippen molar-refractivity contribution in [2.75, 3.05) is 0 Å². The molecular formula is C35H23N3. The Kier molecular flexibility index (Phi) is 5.45. The van der Waals surface area contributed by atoms with Gasteiger partial charge in [0.2, 0.25) is 0 Å². The maximum absolute atomic E-state index is 5.04. The molecule has 38 heavy (non-hydrogen) atoms. The van der Waals surface area contributed by atoms with Crippen molar-refractivity contribution < 1.29 is 0 Å². The van der Waals surface area contributed by atoms with Crippen LogP contribution in [0.3, 0.4) is 0 Å². The molecule has 1 heterocycles. The van der Waals surface area contributed by atoms with Gasteiger partial charge in [-0.3, -0.25) is 0 Å². The molecule has 3 heteroatoms. The molecule has 0 radical (unpaired) electrons. The van der Waals surface area contributed by atoms with Gasteiger partial charge < -0.3 is 0 Å². The van der Waals surface area contributed by atoms with Crippen molar-refractivity contribution >= 4 is 21.5 Å². The van der Waals surface area contributed by atoms with E-state index in [1.165, 1.54) is 21.9 Å². The molecular weight excluding hydrogens is 462 g/mol. The largest absolute Gasteiger partial charge is 0.208 e. The van der Waals surface area contributed by atoms with Crippen LogP contribution in [0.25, 0.3) is 66.8 Å². The smallest absolute Gasteiger partial charge is 0.164 e. The van der Waals surface area contributed by atoms with Crippen LogP contribution < -0.4 is 0 Å².